The summed E-state index contributed by atoms with van der Waals surface area (Å²) in [4.78, 5) is 23.9. The molecule has 0 heterocycles. The van der Waals surface area contributed by atoms with Crippen molar-refractivity contribution in [3.05, 3.63) is 41.5 Å². The zero-order chi connectivity index (χ0) is 13.0. The Morgan fingerprint density at radius 3 is 2.35 bits per heavy atom. The first-order valence-electron chi connectivity index (χ1n) is 5.15. The fourth-order valence-corrected chi connectivity index (χ4v) is 1.55. The molecule has 0 aliphatic carbocycles. The normalized spacial score (nSPS) is 10.5. The Morgan fingerprint density at radius 2 is 1.88 bits per heavy atom. The summed E-state index contributed by atoms with van der Waals surface area (Å²) in [6, 6.07) is 5.29. The standard InChI is InChI=1S/C13H15NO3/c1-9-8-10(4-5-11(9)14(2)3)12(15)6-7-13(16)17/h4-8H,1-3H3,(H,16,17)/b7-6+. The smallest absolute Gasteiger partial charge is 0.328 e. The molecule has 4 nitrogen and oxygen atoms in total. The van der Waals surface area contributed by atoms with Gasteiger partial charge in [0, 0.05) is 31.4 Å². The van der Waals surface area contributed by atoms with E-state index in [1.807, 2.05) is 32.0 Å². The van der Waals surface area contributed by atoms with E-state index in [0.717, 1.165) is 23.4 Å². The molecule has 0 spiro atoms. The maximum absolute atomic E-state index is 11.6. The number of nitrogens with zero attached hydrogens (tertiary/aromatic N) is 1. The highest BCUT2D eigenvalue weighted by molar-refractivity contribution is 6.07. The molecule has 0 saturated heterocycles. The fraction of sp³-hybridized carbons (Fsp3) is 0.231. The lowest BCUT2D eigenvalue weighted by molar-refractivity contribution is -0.131. The predicted molar refractivity (Wildman–Crippen MR) is 66.6 cm³/mol. The van der Waals surface area contributed by atoms with Gasteiger partial charge in [0.2, 0.25) is 0 Å². The molecule has 1 aromatic rings. The van der Waals surface area contributed by atoms with Crippen molar-refractivity contribution >= 4 is 17.4 Å². The molecule has 1 rings (SSSR count). The maximum atomic E-state index is 11.6. The van der Waals surface area contributed by atoms with E-state index < -0.39 is 5.97 Å². The molecule has 1 aromatic carbocycles. The number of allylic oxidation sites excluding steroid dienone is 1. The molecule has 0 atom stereocenters. The van der Waals surface area contributed by atoms with Crippen LogP contribution in [0.3, 0.4) is 0 Å². The van der Waals surface area contributed by atoms with Crippen LogP contribution < -0.4 is 4.90 Å². The molecule has 1 N–H and O–H groups in total. The minimum atomic E-state index is -1.13. The van der Waals surface area contributed by atoms with Gasteiger partial charge in [-0.05, 0) is 36.8 Å². The number of carbonyl (C=O) groups is 2. The third-order valence-electron chi connectivity index (χ3n) is 2.34. The summed E-state index contributed by atoms with van der Waals surface area (Å²) in [5.41, 5.74) is 2.50. The van der Waals surface area contributed by atoms with Crippen LogP contribution in [0.15, 0.2) is 30.4 Å². The van der Waals surface area contributed by atoms with E-state index in [1.54, 1.807) is 12.1 Å². The van der Waals surface area contributed by atoms with E-state index in [9.17, 15) is 9.59 Å². The lowest BCUT2D eigenvalue weighted by Gasteiger charge is -2.15. The van der Waals surface area contributed by atoms with Crippen LogP contribution in [0.25, 0.3) is 0 Å². The topological polar surface area (TPSA) is 57.6 Å². The van der Waals surface area contributed by atoms with Crippen LogP contribution in [-0.4, -0.2) is 31.0 Å². The Kier molecular flexibility index (Phi) is 4.04. The molecule has 0 amide bonds. The second kappa shape index (κ2) is 5.30. The van der Waals surface area contributed by atoms with E-state index in [2.05, 4.69) is 0 Å². The summed E-state index contributed by atoms with van der Waals surface area (Å²) >= 11 is 0. The lowest BCUT2D eigenvalue weighted by atomic mass is 10.1. The molecular formula is C13H15NO3. The first kappa shape index (κ1) is 13.0. The highest BCUT2D eigenvalue weighted by Crippen LogP contribution is 2.19. The van der Waals surface area contributed by atoms with Gasteiger partial charge in [0.1, 0.15) is 0 Å². The third kappa shape index (κ3) is 3.45. The molecule has 0 unspecified atom stereocenters. The quantitative estimate of drug-likeness (QED) is 0.637. The predicted octanol–water partition coefficient (Wildman–Crippen LogP) is 1.88. The average Bonchev–Trinajstić information content (AvgIpc) is 2.25. The fourth-order valence-electron chi connectivity index (χ4n) is 1.55. The monoisotopic (exact) mass is 233 g/mol. The van der Waals surface area contributed by atoms with Crippen molar-refractivity contribution in [2.24, 2.45) is 0 Å². The first-order valence-corrected chi connectivity index (χ1v) is 5.15. The van der Waals surface area contributed by atoms with Crippen LogP contribution in [0.5, 0.6) is 0 Å². The second-order valence-corrected chi connectivity index (χ2v) is 3.93. The van der Waals surface area contributed by atoms with Crippen molar-refractivity contribution in [1.29, 1.82) is 0 Å². The number of aryl methyl sites for hydroxylation is 1. The van der Waals surface area contributed by atoms with Crippen LogP contribution in [0.2, 0.25) is 0 Å². The molecule has 0 bridgehead atoms. The molecule has 0 saturated carbocycles. The number of hydrogen-bond acceptors (Lipinski definition) is 3. The molecule has 90 valence electrons. The SMILES string of the molecule is Cc1cc(C(=O)/C=C/C(=O)O)ccc1N(C)C. The number of rotatable bonds is 4. The van der Waals surface area contributed by atoms with E-state index in [4.69, 9.17) is 5.11 Å². The summed E-state index contributed by atoms with van der Waals surface area (Å²) in [5, 5.41) is 8.44. The molecule has 0 aliphatic heterocycles. The van der Waals surface area contributed by atoms with Gasteiger partial charge in [-0.25, -0.2) is 4.79 Å². The van der Waals surface area contributed by atoms with Crippen molar-refractivity contribution in [2.75, 3.05) is 19.0 Å². The highest BCUT2D eigenvalue weighted by atomic mass is 16.4. The van der Waals surface area contributed by atoms with Crippen molar-refractivity contribution < 1.29 is 14.7 Å². The molecule has 4 heteroatoms. The zero-order valence-corrected chi connectivity index (χ0v) is 10.1. The number of benzene rings is 1. The van der Waals surface area contributed by atoms with Crippen LogP contribution in [-0.2, 0) is 4.79 Å². The molecule has 0 aromatic heterocycles. The van der Waals surface area contributed by atoms with Gasteiger partial charge in [-0.2, -0.15) is 0 Å². The molecule has 0 aliphatic rings. The van der Waals surface area contributed by atoms with Gasteiger partial charge in [0.05, 0.1) is 0 Å². The van der Waals surface area contributed by atoms with Crippen LogP contribution in [0.1, 0.15) is 15.9 Å². The Bertz CT molecular complexity index is 476. The van der Waals surface area contributed by atoms with E-state index in [-0.39, 0.29) is 5.78 Å². The number of carboxylic acids is 1. The Hall–Kier alpha value is -2.10. The average molecular weight is 233 g/mol. The number of aliphatic carboxylic acids is 1. The zero-order valence-electron chi connectivity index (χ0n) is 10.1. The highest BCUT2D eigenvalue weighted by Gasteiger charge is 2.06. The lowest BCUT2D eigenvalue weighted by Crippen LogP contribution is -2.10. The Morgan fingerprint density at radius 1 is 1.24 bits per heavy atom. The molecule has 17 heavy (non-hydrogen) atoms. The van der Waals surface area contributed by atoms with Crippen LogP contribution >= 0.6 is 0 Å². The Balaban J connectivity index is 2.98. The minimum absolute atomic E-state index is 0.305. The van der Waals surface area contributed by atoms with E-state index >= 15 is 0 Å². The first-order chi connectivity index (χ1) is 7.91. The van der Waals surface area contributed by atoms with E-state index in [0.29, 0.717) is 5.56 Å². The number of anilines is 1. The van der Waals surface area contributed by atoms with Crippen LogP contribution in [0, 0.1) is 6.92 Å². The maximum Gasteiger partial charge on any atom is 0.328 e. The summed E-state index contributed by atoms with van der Waals surface area (Å²) < 4.78 is 0. The molecular weight excluding hydrogens is 218 g/mol. The molecule has 0 fully saturated rings. The van der Waals surface area contributed by atoms with Crippen molar-refractivity contribution in [2.45, 2.75) is 6.92 Å². The summed E-state index contributed by atoms with van der Waals surface area (Å²) in [6.45, 7) is 1.91. The number of carboxylic acid groups (broad SMARTS) is 1. The van der Waals surface area contributed by atoms with Crippen molar-refractivity contribution in [1.82, 2.24) is 0 Å². The Labute approximate surface area is 100 Å². The number of carbonyl (C=O) groups excluding carboxylic acids is 1. The van der Waals surface area contributed by atoms with E-state index in [1.165, 1.54) is 0 Å². The third-order valence-corrected chi connectivity index (χ3v) is 2.34. The van der Waals surface area contributed by atoms with Gasteiger partial charge < -0.3 is 10.0 Å². The molecule has 0 radical (unpaired) electrons. The van der Waals surface area contributed by atoms with Gasteiger partial charge in [0.25, 0.3) is 0 Å². The summed E-state index contributed by atoms with van der Waals surface area (Å²) in [6.07, 6.45) is 1.91. The summed E-state index contributed by atoms with van der Waals surface area (Å²) in [5.74, 6) is -1.43. The number of ketones is 1. The summed E-state index contributed by atoms with van der Waals surface area (Å²) in [7, 11) is 3.85. The van der Waals surface area contributed by atoms with Gasteiger partial charge >= 0.3 is 5.97 Å². The van der Waals surface area contributed by atoms with Crippen LogP contribution in [0.4, 0.5) is 5.69 Å². The van der Waals surface area contributed by atoms with Gasteiger partial charge in [0.15, 0.2) is 5.78 Å². The minimum Gasteiger partial charge on any atom is -0.478 e. The second-order valence-electron chi connectivity index (χ2n) is 3.93. The van der Waals surface area contributed by atoms with Crippen molar-refractivity contribution in [3.8, 4) is 0 Å². The van der Waals surface area contributed by atoms with Crippen molar-refractivity contribution in [3.63, 3.8) is 0 Å². The number of hydrogen-bond donors (Lipinski definition) is 1. The van der Waals surface area contributed by atoms with Gasteiger partial charge in [-0.3, -0.25) is 4.79 Å². The largest absolute Gasteiger partial charge is 0.478 e. The van der Waals surface area contributed by atoms with Gasteiger partial charge in [-0.15, -0.1) is 0 Å². The van der Waals surface area contributed by atoms with Gasteiger partial charge in [-0.1, -0.05) is 0 Å².